The minimum absolute atomic E-state index is 0.263. The van der Waals surface area contributed by atoms with Gasteiger partial charge >= 0.3 is 0 Å². The average Bonchev–Trinajstić information content (AvgIpc) is 2.38. The second-order valence-electron chi connectivity index (χ2n) is 4.28. The number of rotatable bonds is 4. The van der Waals surface area contributed by atoms with Gasteiger partial charge in [0.1, 0.15) is 6.79 Å². The minimum atomic E-state index is 0.263. The summed E-state index contributed by atoms with van der Waals surface area (Å²) < 4.78 is 10.6. The standard InChI is InChI=1S/C13H18ClNO2/c1-10(11-2-4-12(14)5-3-11)15-8-13-6-7-16-9-17-13/h2-5,10,13,15H,6-9H2,1H3/t10-,13?/m0/s1. The van der Waals surface area contributed by atoms with E-state index in [1.807, 2.05) is 24.3 Å². The fourth-order valence-corrected chi connectivity index (χ4v) is 1.97. The highest BCUT2D eigenvalue weighted by Crippen LogP contribution is 2.16. The quantitative estimate of drug-likeness (QED) is 0.898. The van der Waals surface area contributed by atoms with E-state index in [2.05, 4.69) is 12.2 Å². The summed E-state index contributed by atoms with van der Waals surface area (Å²) in [6.07, 6.45) is 1.22. The Kier molecular flexibility index (Phi) is 4.80. The molecule has 2 rings (SSSR count). The smallest absolute Gasteiger partial charge is 0.147 e. The van der Waals surface area contributed by atoms with Gasteiger partial charge in [-0.15, -0.1) is 0 Å². The Morgan fingerprint density at radius 1 is 1.41 bits per heavy atom. The Balaban J connectivity index is 1.80. The highest BCUT2D eigenvalue weighted by Gasteiger charge is 2.15. The summed E-state index contributed by atoms with van der Waals surface area (Å²) >= 11 is 5.86. The number of hydrogen-bond acceptors (Lipinski definition) is 3. The van der Waals surface area contributed by atoms with Crippen LogP contribution in [0.1, 0.15) is 24.9 Å². The maximum absolute atomic E-state index is 5.86. The van der Waals surface area contributed by atoms with E-state index in [1.165, 1.54) is 5.56 Å². The molecule has 0 aliphatic carbocycles. The third-order valence-corrected chi connectivity index (χ3v) is 3.24. The van der Waals surface area contributed by atoms with E-state index in [0.717, 1.165) is 24.6 Å². The molecule has 1 saturated heterocycles. The second kappa shape index (κ2) is 6.36. The first-order valence-electron chi connectivity index (χ1n) is 5.94. The number of ether oxygens (including phenoxy) is 2. The molecular weight excluding hydrogens is 238 g/mol. The lowest BCUT2D eigenvalue weighted by Gasteiger charge is -2.25. The summed E-state index contributed by atoms with van der Waals surface area (Å²) in [4.78, 5) is 0. The first-order chi connectivity index (χ1) is 8.25. The maximum atomic E-state index is 5.86. The molecule has 1 aliphatic heterocycles. The van der Waals surface area contributed by atoms with Gasteiger partial charge in [-0.1, -0.05) is 23.7 Å². The van der Waals surface area contributed by atoms with Crippen LogP contribution in [0.2, 0.25) is 5.02 Å². The molecule has 0 spiro atoms. The van der Waals surface area contributed by atoms with Crippen LogP contribution in [0, 0.1) is 0 Å². The van der Waals surface area contributed by atoms with Crippen molar-refractivity contribution in [3.05, 3.63) is 34.9 Å². The molecular formula is C13H18ClNO2. The van der Waals surface area contributed by atoms with Crippen LogP contribution in [0.5, 0.6) is 0 Å². The average molecular weight is 256 g/mol. The molecule has 0 aromatic heterocycles. The zero-order chi connectivity index (χ0) is 12.1. The number of hydrogen-bond donors (Lipinski definition) is 1. The van der Waals surface area contributed by atoms with Gasteiger partial charge in [-0.25, -0.2) is 0 Å². The molecule has 94 valence electrons. The summed E-state index contributed by atoms with van der Waals surface area (Å²) in [7, 11) is 0. The zero-order valence-electron chi connectivity index (χ0n) is 9.99. The van der Waals surface area contributed by atoms with Crippen molar-refractivity contribution in [3.8, 4) is 0 Å². The molecule has 0 saturated carbocycles. The summed E-state index contributed by atoms with van der Waals surface area (Å²) in [5.41, 5.74) is 1.24. The van der Waals surface area contributed by atoms with Crippen molar-refractivity contribution in [1.29, 1.82) is 0 Å². The molecule has 1 fully saturated rings. The molecule has 3 nitrogen and oxygen atoms in total. The molecule has 0 amide bonds. The van der Waals surface area contributed by atoms with Gasteiger partial charge in [0.15, 0.2) is 0 Å². The SMILES string of the molecule is C[C@H](NCC1CCOCO1)c1ccc(Cl)cc1. The molecule has 1 N–H and O–H groups in total. The Morgan fingerprint density at radius 2 is 2.18 bits per heavy atom. The van der Waals surface area contributed by atoms with Gasteiger partial charge in [-0.3, -0.25) is 0 Å². The van der Waals surface area contributed by atoms with Crippen LogP contribution < -0.4 is 5.32 Å². The summed E-state index contributed by atoms with van der Waals surface area (Å²) in [6, 6.07) is 8.23. The van der Waals surface area contributed by atoms with Crippen molar-refractivity contribution in [2.75, 3.05) is 19.9 Å². The predicted octanol–water partition coefficient (Wildman–Crippen LogP) is 2.75. The molecule has 1 heterocycles. The van der Waals surface area contributed by atoms with E-state index < -0.39 is 0 Å². The van der Waals surface area contributed by atoms with Crippen molar-refractivity contribution in [3.63, 3.8) is 0 Å². The van der Waals surface area contributed by atoms with Gasteiger partial charge in [0.25, 0.3) is 0 Å². The van der Waals surface area contributed by atoms with Crippen molar-refractivity contribution < 1.29 is 9.47 Å². The molecule has 1 unspecified atom stereocenters. The van der Waals surface area contributed by atoms with E-state index in [9.17, 15) is 0 Å². The molecule has 1 aromatic rings. The number of halogens is 1. The lowest BCUT2D eigenvalue weighted by atomic mass is 10.1. The highest BCUT2D eigenvalue weighted by atomic mass is 35.5. The third kappa shape index (κ3) is 3.96. The van der Waals surface area contributed by atoms with Crippen LogP contribution in [0.15, 0.2) is 24.3 Å². The Labute approximate surface area is 107 Å². The van der Waals surface area contributed by atoms with Crippen LogP contribution in [0.4, 0.5) is 0 Å². The van der Waals surface area contributed by atoms with E-state index in [0.29, 0.717) is 12.8 Å². The van der Waals surface area contributed by atoms with Gasteiger partial charge in [0.05, 0.1) is 12.7 Å². The van der Waals surface area contributed by atoms with Crippen molar-refractivity contribution in [1.82, 2.24) is 5.32 Å². The van der Waals surface area contributed by atoms with Crippen molar-refractivity contribution in [2.24, 2.45) is 0 Å². The Morgan fingerprint density at radius 3 is 2.82 bits per heavy atom. The van der Waals surface area contributed by atoms with Crippen LogP contribution in [-0.4, -0.2) is 26.0 Å². The van der Waals surface area contributed by atoms with E-state index in [-0.39, 0.29) is 6.10 Å². The van der Waals surface area contributed by atoms with Gasteiger partial charge in [0.2, 0.25) is 0 Å². The first-order valence-corrected chi connectivity index (χ1v) is 6.31. The second-order valence-corrected chi connectivity index (χ2v) is 4.72. The predicted molar refractivity (Wildman–Crippen MR) is 68.2 cm³/mol. The van der Waals surface area contributed by atoms with Crippen molar-refractivity contribution >= 4 is 11.6 Å². The van der Waals surface area contributed by atoms with Crippen LogP contribution in [0.25, 0.3) is 0 Å². The minimum Gasteiger partial charge on any atom is -0.355 e. The van der Waals surface area contributed by atoms with E-state index >= 15 is 0 Å². The molecule has 2 atom stereocenters. The van der Waals surface area contributed by atoms with Gasteiger partial charge in [0, 0.05) is 17.6 Å². The molecule has 4 heteroatoms. The Hall–Kier alpha value is -0.610. The number of nitrogens with one attached hydrogen (secondary N) is 1. The van der Waals surface area contributed by atoms with Gasteiger partial charge in [-0.05, 0) is 31.0 Å². The summed E-state index contributed by atoms with van der Waals surface area (Å²) in [5, 5.41) is 4.24. The lowest BCUT2D eigenvalue weighted by Crippen LogP contribution is -2.35. The summed E-state index contributed by atoms with van der Waals surface area (Å²) in [5.74, 6) is 0. The molecule has 1 aliphatic rings. The largest absolute Gasteiger partial charge is 0.355 e. The van der Waals surface area contributed by atoms with Crippen LogP contribution >= 0.6 is 11.6 Å². The monoisotopic (exact) mass is 255 g/mol. The van der Waals surface area contributed by atoms with E-state index in [4.69, 9.17) is 21.1 Å². The molecule has 1 aromatic carbocycles. The van der Waals surface area contributed by atoms with Crippen molar-refractivity contribution in [2.45, 2.75) is 25.5 Å². The summed E-state index contributed by atoms with van der Waals surface area (Å²) in [6.45, 7) is 4.21. The van der Waals surface area contributed by atoms with Gasteiger partial charge < -0.3 is 14.8 Å². The van der Waals surface area contributed by atoms with E-state index in [1.54, 1.807) is 0 Å². The fourth-order valence-electron chi connectivity index (χ4n) is 1.84. The Bertz CT molecular complexity index is 336. The normalized spacial score (nSPS) is 22.4. The van der Waals surface area contributed by atoms with Gasteiger partial charge in [-0.2, -0.15) is 0 Å². The van der Waals surface area contributed by atoms with Crippen LogP contribution in [0.3, 0.4) is 0 Å². The molecule has 17 heavy (non-hydrogen) atoms. The molecule has 0 radical (unpaired) electrons. The first kappa shape index (κ1) is 12.8. The third-order valence-electron chi connectivity index (χ3n) is 2.99. The topological polar surface area (TPSA) is 30.5 Å². The van der Waals surface area contributed by atoms with Crippen LogP contribution in [-0.2, 0) is 9.47 Å². The molecule has 0 bridgehead atoms. The zero-order valence-corrected chi connectivity index (χ0v) is 10.7. The number of benzene rings is 1. The maximum Gasteiger partial charge on any atom is 0.147 e. The highest BCUT2D eigenvalue weighted by molar-refractivity contribution is 6.30. The fraction of sp³-hybridized carbons (Fsp3) is 0.538. The lowest BCUT2D eigenvalue weighted by molar-refractivity contribution is -0.137.